The summed E-state index contributed by atoms with van der Waals surface area (Å²) in [5.74, 6) is 0.750. The van der Waals surface area contributed by atoms with Crippen LogP contribution in [-0.4, -0.2) is 38.4 Å². The molecule has 0 aromatic heterocycles. The topological polar surface area (TPSA) is 56.8 Å². The van der Waals surface area contributed by atoms with Gasteiger partial charge in [-0.1, -0.05) is 66.7 Å². The highest BCUT2D eigenvalue weighted by molar-refractivity contribution is 5.89. The average molecular weight is 482 g/mol. The van der Waals surface area contributed by atoms with Crippen LogP contribution in [0, 0.1) is 0 Å². The molecule has 4 aromatic rings. The third-order valence-electron chi connectivity index (χ3n) is 6.61. The maximum Gasteiger partial charge on any atom is 0.338 e. The molecule has 0 spiro atoms. The molecule has 1 N–H and O–H groups in total. The molecule has 1 fully saturated rings. The Balaban J connectivity index is 1.13. The number of hydrogen-bond acceptors (Lipinski definition) is 5. The molecule has 0 aliphatic carbocycles. The Morgan fingerprint density at radius 1 is 0.833 bits per heavy atom. The zero-order valence-corrected chi connectivity index (χ0v) is 20.3. The number of esters is 1. The van der Waals surface area contributed by atoms with E-state index in [-0.39, 0.29) is 18.7 Å². The first-order valence-corrected chi connectivity index (χ1v) is 12.5. The Morgan fingerprint density at radius 2 is 1.61 bits per heavy atom. The van der Waals surface area contributed by atoms with Crippen LogP contribution in [0.1, 0.15) is 33.8 Å². The van der Waals surface area contributed by atoms with Crippen LogP contribution in [0.4, 0.5) is 0 Å². The molecule has 1 heterocycles. The van der Waals surface area contributed by atoms with Crippen LogP contribution >= 0.6 is 0 Å². The highest BCUT2D eigenvalue weighted by atomic mass is 16.6. The summed E-state index contributed by atoms with van der Waals surface area (Å²) in [5.41, 5.74) is 2.99. The molecular formula is C31H31NO4. The lowest BCUT2D eigenvalue weighted by Crippen LogP contribution is -2.40. The van der Waals surface area contributed by atoms with Crippen molar-refractivity contribution in [2.75, 3.05) is 26.3 Å². The Labute approximate surface area is 212 Å². The van der Waals surface area contributed by atoms with E-state index in [4.69, 9.17) is 14.2 Å². The average Bonchev–Trinajstić information content (AvgIpc) is 2.95. The summed E-state index contributed by atoms with van der Waals surface area (Å²) in [6.07, 6.45) is 1.13. The first kappa shape index (κ1) is 24.0. The van der Waals surface area contributed by atoms with Crippen molar-refractivity contribution in [2.45, 2.75) is 25.0 Å². The lowest BCUT2D eigenvalue weighted by molar-refractivity contribution is 0.0106. The van der Waals surface area contributed by atoms with Crippen molar-refractivity contribution in [1.29, 1.82) is 0 Å². The Kier molecular flexibility index (Phi) is 7.91. The monoisotopic (exact) mass is 481 g/mol. The molecule has 0 saturated carbocycles. The van der Waals surface area contributed by atoms with E-state index in [0.717, 1.165) is 25.3 Å². The van der Waals surface area contributed by atoms with E-state index in [1.807, 2.05) is 30.3 Å². The molecule has 1 aliphatic rings. The van der Waals surface area contributed by atoms with Crippen molar-refractivity contribution >= 4 is 16.7 Å². The lowest BCUT2D eigenvalue weighted by Gasteiger charge is -2.32. The Bertz CT molecular complexity index is 1270. The minimum absolute atomic E-state index is 0.106. The van der Waals surface area contributed by atoms with Gasteiger partial charge in [0.25, 0.3) is 0 Å². The van der Waals surface area contributed by atoms with Crippen LogP contribution in [-0.2, 0) is 16.1 Å². The fraction of sp³-hybridized carbons (Fsp3) is 0.258. The third-order valence-corrected chi connectivity index (χ3v) is 6.61. The van der Waals surface area contributed by atoms with Crippen molar-refractivity contribution in [1.82, 2.24) is 5.32 Å². The Hall–Kier alpha value is -3.67. The number of rotatable bonds is 9. The highest BCUT2D eigenvalue weighted by Crippen LogP contribution is 2.30. The summed E-state index contributed by atoms with van der Waals surface area (Å²) in [7, 11) is 0. The van der Waals surface area contributed by atoms with Gasteiger partial charge in [-0.05, 0) is 65.2 Å². The number of carbonyl (C=O) groups is 1. The first-order valence-electron chi connectivity index (χ1n) is 12.5. The summed E-state index contributed by atoms with van der Waals surface area (Å²) in [6.45, 7) is 2.92. The largest absolute Gasteiger partial charge is 0.490 e. The number of fused-ring (bicyclic) bond motifs is 1. The summed E-state index contributed by atoms with van der Waals surface area (Å²) < 4.78 is 17.5. The molecule has 0 radical (unpaired) electrons. The van der Waals surface area contributed by atoms with Crippen molar-refractivity contribution in [3.05, 3.63) is 114 Å². The zero-order chi connectivity index (χ0) is 24.6. The maximum absolute atomic E-state index is 12.0. The van der Waals surface area contributed by atoms with Gasteiger partial charge in [-0.15, -0.1) is 0 Å². The lowest BCUT2D eigenvalue weighted by atomic mass is 9.87. The second-order valence-electron chi connectivity index (χ2n) is 9.05. The number of nitrogens with one attached hydrogen (secondary N) is 1. The quantitative estimate of drug-likeness (QED) is 0.244. The molecule has 0 amide bonds. The number of piperidine rings is 1. The van der Waals surface area contributed by atoms with Gasteiger partial charge in [0.2, 0.25) is 0 Å². The van der Waals surface area contributed by atoms with Crippen LogP contribution in [0.25, 0.3) is 10.8 Å². The van der Waals surface area contributed by atoms with E-state index in [1.54, 1.807) is 12.1 Å². The van der Waals surface area contributed by atoms with Crippen LogP contribution in [0.2, 0.25) is 0 Å². The van der Waals surface area contributed by atoms with E-state index in [9.17, 15) is 4.79 Å². The van der Waals surface area contributed by atoms with E-state index in [0.29, 0.717) is 24.7 Å². The predicted molar refractivity (Wildman–Crippen MR) is 141 cm³/mol. The minimum atomic E-state index is -0.338. The molecule has 2 atom stereocenters. The number of ether oxygens (including phenoxy) is 3. The molecular weight excluding hydrogens is 450 g/mol. The van der Waals surface area contributed by atoms with Gasteiger partial charge in [-0.25, -0.2) is 4.79 Å². The second-order valence-corrected chi connectivity index (χ2v) is 9.05. The van der Waals surface area contributed by atoms with Crippen LogP contribution in [0.5, 0.6) is 5.75 Å². The Morgan fingerprint density at radius 3 is 2.44 bits per heavy atom. The first-order chi connectivity index (χ1) is 17.8. The fourth-order valence-electron chi connectivity index (χ4n) is 4.68. The van der Waals surface area contributed by atoms with Gasteiger partial charge in [-0.3, -0.25) is 0 Å². The molecule has 184 valence electrons. The minimum Gasteiger partial charge on any atom is -0.490 e. The SMILES string of the molecule is O=C(OCCOc1ccc([C@H]2CCNC[C@@H]2OCc2ccc3ccccc3c2)cc1)c1ccccc1. The molecule has 36 heavy (non-hydrogen) atoms. The smallest absolute Gasteiger partial charge is 0.338 e. The van der Waals surface area contributed by atoms with Gasteiger partial charge < -0.3 is 19.5 Å². The molecule has 5 nitrogen and oxygen atoms in total. The van der Waals surface area contributed by atoms with Gasteiger partial charge in [0.05, 0.1) is 18.3 Å². The van der Waals surface area contributed by atoms with Crippen molar-refractivity contribution in [3.8, 4) is 5.75 Å². The van der Waals surface area contributed by atoms with Gasteiger partial charge in [-0.2, -0.15) is 0 Å². The summed E-state index contributed by atoms with van der Waals surface area (Å²) in [4.78, 5) is 12.0. The highest BCUT2D eigenvalue weighted by Gasteiger charge is 2.27. The summed E-state index contributed by atoms with van der Waals surface area (Å²) in [5, 5.41) is 5.96. The fourth-order valence-corrected chi connectivity index (χ4v) is 4.68. The number of benzene rings is 4. The van der Waals surface area contributed by atoms with Crippen LogP contribution in [0.15, 0.2) is 97.1 Å². The molecule has 4 aromatic carbocycles. The van der Waals surface area contributed by atoms with Crippen molar-refractivity contribution < 1.29 is 19.0 Å². The van der Waals surface area contributed by atoms with Gasteiger partial charge in [0, 0.05) is 12.5 Å². The second kappa shape index (κ2) is 11.8. The van der Waals surface area contributed by atoms with Crippen LogP contribution in [0.3, 0.4) is 0 Å². The van der Waals surface area contributed by atoms with Gasteiger partial charge >= 0.3 is 5.97 Å². The standard InChI is InChI=1S/C31H31NO4/c33-31(26-7-2-1-3-8-26)35-19-18-34-28-14-12-25(13-15-28)29-16-17-32-21-30(29)36-22-23-10-11-24-6-4-5-9-27(24)20-23/h1-15,20,29-30,32H,16-19,21-22H2/t29-,30+/m1/s1. The zero-order valence-electron chi connectivity index (χ0n) is 20.3. The van der Waals surface area contributed by atoms with Crippen molar-refractivity contribution in [3.63, 3.8) is 0 Å². The van der Waals surface area contributed by atoms with Crippen molar-refractivity contribution in [2.24, 2.45) is 0 Å². The van der Waals surface area contributed by atoms with E-state index in [1.165, 1.54) is 21.9 Å². The number of carbonyl (C=O) groups excluding carboxylic acids is 1. The van der Waals surface area contributed by atoms with Gasteiger partial charge in [0.1, 0.15) is 19.0 Å². The number of hydrogen-bond donors (Lipinski definition) is 1. The maximum atomic E-state index is 12.0. The summed E-state index contributed by atoms with van der Waals surface area (Å²) >= 11 is 0. The summed E-state index contributed by atoms with van der Waals surface area (Å²) in [6, 6.07) is 32.1. The predicted octanol–water partition coefficient (Wildman–Crippen LogP) is 5.74. The molecule has 0 unspecified atom stereocenters. The molecule has 5 rings (SSSR count). The molecule has 5 heteroatoms. The molecule has 1 saturated heterocycles. The van der Waals surface area contributed by atoms with Gasteiger partial charge in [0.15, 0.2) is 0 Å². The normalized spacial score (nSPS) is 17.6. The molecule has 0 bridgehead atoms. The van der Waals surface area contributed by atoms with E-state index in [2.05, 4.69) is 59.9 Å². The van der Waals surface area contributed by atoms with E-state index >= 15 is 0 Å². The molecule has 1 aliphatic heterocycles. The third kappa shape index (κ3) is 6.11. The van der Waals surface area contributed by atoms with Crippen LogP contribution < -0.4 is 10.1 Å². The van der Waals surface area contributed by atoms with E-state index < -0.39 is 0 Å².